The molecule has 2 aromatic rings. The van der Waals surface area contributed by atoms with Gasteiger partial charge in [-0.05, 0) is 26.0 Å². The van der Waals surface area contributed by atoms with Crippen LogP contribution in [0.3, 0.4) is 0 Å². The summed E-state index contributed by atoms with van der Waals surface area (Å²) in [5.41, 5.74) is 4.61. The topological polar surface area (TPSA) is 74.2 Å². The number of hydrogen-bond acceptors (Lipinski definition) is 5. The molecule has 1 unspecified atom stereocenters. The summed E-state index contributed by atoms with van der Waals surface area (Å²) in [5.74, 6) is -1.76. The van der Waals surface area contributed by atoms with Crippen LogP contribution in [0, 0.1) is 11.6 Å². The molecule has 1 atom stereocenters. The third kappa shape index (κ3) is 3.45. The van der Waals surface area contributed by atoms with Gasteiger partial charge in [0, 0.05) is 11.1 Å². The first-order valence-corrected chi connectivity index (χ1v) is 7.00. The van der Waals surface area contributed by atoms with Crippen molar-refractivity contribution in [3.8, 4) is 11.5 Å². The second kappa shape index (κ2) is 6.17. The van der Waals surface area contributed by atoms with Crippen molar-refractivity contribution in [2.75, 3.05) is 13.2 Å². The zero-order chi connectivity index (χ0) is 15.6. The van der Waals surface area contributed by atoms with Crippen LogP contribution >= 0.6 is 15.9 Å². The fourth-order valence-electron chi connectivity index (χ4n) is 1.68. The molecule has 8 heteroatoms. The van der Waals surface area contributed by atoms with E-state index in [1.54, 1.807) is 6.92 Å². The lowest BCUT2D eigenvalue weighted by Crippen LogP contribution is -2.39. The molecule has 0 saturated carbocycles. The van der Waals surface area contributed by atoms with Gasteiger partial charge in [-0.1, -0.05) is 21.1 Å². The Kier molecular flexibility index (Phi) is 4.70. The molecule has 2 N–H and O–H groups in total. The lowest BCUT2D eigenvalue weighted by molar-refractivity contribution is 0.0962. The summed E-state index contributed by atoms with van der Waals surface area (Å²) < 4.78 is 38.1. The number of halogens is 3. The van der Waals surface area contributed by atoms with E-state index in [0.717, 1.165) is 12.1 Å². The summed E-state index contributed by atoms with van der Waals surface area (Å²) in [6.45, 7) is 4.11. The molecule has 0 aliphatic rings. The molecular formula is C13H14BrF2N3O2. The highest BCUT2D eigenvalue weighted by molar-refractivity contribution is 9.10. The molecule has 0 amide bonds. The van der Waals surface area contributed by atoms with Crippen molar-refractivity contribution in [2.24, 2.45) is 5.73 Å². The first-order chi connectivity index (χ1) is 9.85. The molecule has 0 fully saturated rings. The minimum atomic E-state index is -1.01. The lowest BCUT2D eigenvalue weighted by atomic mass is 10.1. The van der Waals surface area contributed by atoms with Crippen molar-refractivity contribution in [3.63, 3.8) is 0 Å². The minimum absolute atomic E-state index is 0.118. The van der Waals surface area contributed by atoms with Crippen molar-refractivity contribution in [1.29, 1.82) is 0 Å². The Morgan fingerprint density at radius 3 is 2.57 bits per heavy atom. The van der Waals surface area contributed by atoms with Crippen molar-refractivity contribution < 1.29 is 18.0 Å². The van der Waals surface area contributed by atoms with Gasteiger partial charge in [-0.2, -0.15) is 4.98 Å². The highest BCUT2D eigenvalue weighted by Crippen LogP contribution is 2.29. The molecule has 1 heterocycles. The Morgan fingerprint density at radius 1 is 1.38 bits per heavy atom. The zero-order valence-electron chi connectivity index (χ0n) is 11.5. The van der Waals surface area contributed by atoms with Crippen LogP contribution in [0.2, 0.25) is 0 Å². The Hall–Kier alpha value is -1.38. The van der Waals surface area contributed by atoms with Crippen molar-refractivity contribution in [3.05, 3.63) is 34.1 Å². The second-order valence-corrected chi connectivity index (χ2v) is 5.64. The second-order valence-electron chi connectivity index (χ2n) is 4.72. The average Bonchev–Trinajstić information content (AvgIpc) is 2.85. The van der Waals surface area contributed by atoms with Gasteiger partial charge in [0.05, 0.1) is 6.61 Å². The van der Waals surface area contributed by atoms with Crippen molar-refractivity contribution in [2.45, 2.75) is 19.4 Å². The van der Waals surface area contributed by atoms with Gasteiger partial charge < -0.3 is 15.0 Å². The zero-order valence-corrected chi connectivity index (χ0v) is 13.1. The lowest BCUT2D eigenvalue weighted by Gasteiger charge is -2.19. The summed E-state index contributed by atoms with van der Waals surface area (Å²) in [7, 11) is 0. The smallest absolute Gasteiger partial charge is 0.263 e. The van der Waals surface area contributed by atoms with Crippen LogP contribution in [0.25, 0.3) is 11.5 Å². The predicted molar refractivity (Wildman–Crippen MR) is 75.4 cm³/mol. The van der Waals surface area contributed by atoms with Gasteiger partial charge in [-0.25, -0.2) is 8.78 Å². The number of hydrogen-bond donors (Lipinski definition) is 1. The molecule has 114 valence electrons. The van der Waals surface area contributed by atoms with E-state index in [2.05, 4.69) is 26.1 Å². The fourth-order valence-corrected chi connectivity index (χ4v) is 2.08. The van der Waals surface area contributed by atoms with E-state index >= 15 is 0 Å². The Balaban J connectivity index is 2.37. The molecule has 0 aliphatic heterocycles. The number of rotatable bonds is 5. The average molecular weight is 362 g/mol. The molecule has 0 saturated heterocycles. The van der Waals surface area contributed by atoms with E-state index in [1.165, 1.54) is 0 Å². The molecule has 5 nitrogen and oxygen atoms in total. The quantitative estimate of drug-likeness (QED) is 0.885. The molecule has 2 rings (SSSR count). The van der Waals surface area contributed by atoms with Crippen LogP contribution in [0.4, 0.5) is 8.78 Å². The third-order valence-corrected chi connectivity index (χ3v) is 3.22. The molecule has 0 aliphatic carbocycles. The van der Waals surface area contributed by atoms with E-state index in [9.17, 15) is 8.78 Å². The van der Waals surface area contributed by atoms with E-state index in [0.29, 0.717) is 6.61 Å². The predicted octanol–water partition coefficient (Wildman–Crippen LogP) is 2.99. The Morgan fingerprint density at radius 2 is 2.00 bits per heavy atom. The van der Waals surface area contributed by atoms with Crippen LogP contribution in [-0.2, 0) is 10.3 Å². The van der Waals surface area contributed by atoms with E-state index in [1.807, 2.05) is 6.92 Å². The number of benzene rings is 1. The molecular weight excluding hydrogens is 348 g/mol. The van der Waals surface area contributed by atoms with Crippen LogP contribution in [0.1, 0.15) is 19.7 Å². The molecule has 21 heavy (non-hydrogen) atoms. The summed E-state index contributed by atoms with van der Waals surface area (Å²) in [5, 5.41) is 3.69. The standard InChI is InChI=1S/C13H14BrF2N3O2/c1-3-20-6-13(2,17)12-18-11(21-19-12)10-8(15)4-7(14)5-9(10)16/h4-5H,3,6,17H2,1-2H3. The molecule has 0 bridgehead atoms. The third-order valence-electron chi connectivity index (χ3n) is 2.76. The highest BCUT2D eigenvalue weighted by Gasteiger charge is 2.29. The molecule has 0 spiro atoms. The van der Waals surface area contributed by atoms with E-state index in [4.69, 9.17) is 15.0 Å². The maximum absolute atomic E-state index is 13.9. The van der Waals surface area contributed by atoms with Gasteiger partial charge >= 0.3 is 0 Å². The first kappa shape index (κ1) is 16.0. The maximum Gasteiger partial charge on any atom is 0.263 e. The van der Waals surface area contributed by atoms with Gasteiger partial charge in [0.15, 0.2) is 5.82 Å². The molecule has 0 radical (unpaired) electrons. The van der Waals surface area contributed by atoms with E-state index in [-0.39, 0.29) is 28.4 Å². The van der Waals surface area contributed by atoms with Crippen LogP contribution in [0.5, 0.6) is 0 Å². The normalized spacial score (nSPS) is 14.2. The number of nitrogens with two attached hydrogens (primary N) is 1. The maximum atomic E-state index is 13.9. The van der Waals surface area contributed by atoms with Gasteiger partial charge in [0.1, 0.15) is 22.7 Å². The number of ether oxygens (including phenoxy) is 1. The Labute approximate surface area is 128 Å². The first-order valence-electron chi connectivity index (χ1n) is 6.21. The fraction of sp³-hybridized carbons (Fsp3) is 0.385. The van der Waals surface area contributed by atoms with Gasteiger partial charge in [-0.3, -0.25) is 0 Å². The molecule has 1 aromatic carbocycles. The minimum Gasteiger partial charge on any atom is -0.379 e. The van der Waals surface area contributed by atoms with Crippen molar-refractivity contribution >= 4 is 15.9 Å². The largest absolute Gasteiger partial charge is 0.379 e. The number of nitrogens with zero attached hydrogens (tertiary/aromatic N) is 2. The summed E-state index contributed by atoms with van der Waals surface area (Å²) in [4.78, 5) is 3.98. The van der Waals surface area contributed by atoms with Gasteiger partial charge in [0.2, 0.25) is 0 Å². The summed E-state index contributed by atoms with van der Waals surface area (Å²) >= 11 is 3.00. The van der Waals surface area contributed by atoms with Gasteiger partial charge in [0.25, 0.3) is 5.89 Å². The van der Waals surface area contributed by atoms with Crippen molar-refractivity contribution in [1.82, 2.24) is 10.1 Å². The highest BCUT2D eigenvalue weighted by atomic mass is 79.9. The Bertz CT molecular complexity index is 623. The van der Waals surface area contributed by atoms with E-state index < -0.39 is 17.2 Å². The van der Waals surface area contributed by atoms with Crippen LogP contribution in [-0.4, -0.2) is 23.4 Å². The monoisotopic (exact) mass is 361 g/mol. The number of aromatic nitrogens is 2. The summed E-state index contributed by atoms with van der Waals surface area (Å²) in [6, 6.07) is 2.23. The molecule has 1 aromatic heterocycles. The van der Waals surface area contributed by atoms with Crippen LogP contribution < -0.4 is 5.73 Å². The SMILES string of the molecule is CCOCC(C)(N)c1noc(-c2c(F)cc(Br)cc2F)n1. The van der Waals surface area contributed by atoms with Gasteiger partial charge in [-0.15, -0.1) is 0 Å². The van der Waals surface area contributed by atoms with Crippen LogP contribution in [0.15, 0.2) is 21.1 Å². The summed E-state index contributed by atoms with van der Waals surface area (Å²) in [6.07, 6.45) is 0.